The van der Waals surface area contributed by atoms with Crippen LogP contribution in [0, 0.1) is 0 Å². The molecule has 0 bridgehead atoms. The molecule has 9 heteroatoms. The van der Waals surface area contributed by atoms with Crippen LogP contribution in [0.15, 0.2) is 0 Å². The molecule has 0 heterocycles. The average molecular weight is 246 g/mol. The molecule has 0 aliphatic carbocycles. The summed E-state index contributed by atoms with van der Waals surface area (Å²) < 4.78 is 31.6. The maximum absolute atomic E-state index is 9.00. The van der Waals surface area contributed by atoms with Gasteiger partial charge in [0.05, 0.1) is 0 Å². The van der Waals surface area contributed by atoms with Crippen LogP contribution in [0.3, 0.4) is 0 Å². The molecule has 3 N–H and O–H groups in total. The molecule has 0 unspecified atom stereocenters. The van der Waals surface area contributed by atoms with Crippen LogP contribution in [0.25, 0.3) is 0 Å². The van der Waals surface area contributed by atoms with Crippen molar-refractivity contribution in [3.05, 3.63) is 0 Å². The summed E-state index contributed by atoms with van der Waals surface area (Å²) in [6.45, 7) is 1.08. The Morgan fingerprint density at radius 2 is 1.27 bits per heavy atom. The van der Waals surface area contributed by atoms with E-state index in [2.05, 4.69) is 0 Å². The first-order valence-electron chi connectivity index (χ1n) is 1.63. The molecule has 1 radical (unpaired) electrons. The van der Waals surface area contributed by atoms with Crippen LogP contribution >= 0.6 is 0 Å². The van der Waals surface area contributed by atoms with Gasteiger partial charge in [0.25, 0.3) is 5.97 Å². The molecule has 6 nitrogen and oxygen atoms in total. The Morgan fingerprint density at radius 1 is 1.27 bits per heavy atom. The van der Waals surface area contributed by atoms with Crippen molar-refractivity contribution >= 4 is 45.9 Å². The zero-order valence-electron chi connectivity index (χ0n) is 4.78. The van der Waals surface area contributed by atoms with E-state index in [1.165, 1.54) is 0 Å². The third-order valence-electron chi connectivity index (χ3n) is 0. The van der Waals surface area contributed by atoms with Gasteiger partial charge < -0.3 is 5.11 Å². The summed E-state index contributed by atoms with van der Waals surface area (Å²) >= 11 is 0. The van der Waals surface area contributed by atoms with Crippen molar-refractivity contribution < 1.29 is 44.5 Å². The number of carboxylic acids is 1. The van der Waals surface area contributed by atoms with Crippen LogP contribution in [-0.4, -0.2) is 58.2 Å². The predicted octanol–water partition coefficient (Wildman–Crippen LogP) is -1.21. The monoisotopic (exact) mass is 245 g/mol. The van der Waals surface area contributed by atoms with Crippen LogP contribution < -0.4 is 0 Å². The third kappa shape index (κ3) is 1150. The standard InChI is InChI=1S/C2H4O2.Cu.Na.H2O4S.H/c1-2(3)4;;;1-5(2,3)4;/h1H3,(H,3,4);;;(H2,1,2,3,4);. The number of carboxylic acid groups (broad SMARTS) is 1. The second-order valence-electron chi connectivity index (χ2n) is 0.967. The van der Waals surface area contributed by atoms with E-state index in [-0.39, 0.29) is 46.6 Å². The molecular formula is C2H7CuNaO6S. The molecule has 0 aromatic carbocycles. The van der Waals surface area contributed by atoms with Crippen LogP contribution in [0.4, 0.5) is 0 Å². The molecule has 0 saturated carbocycles. The number of hydrogen-bond donors (Lipinski definition) is 3. The van der Waals surface area contributed by atoms with Crippen molar-refractivity contribution in [3.63, 3.8) is 0 Å². The Hall–Kier alpha value is 0.859. The van der Waals surface area contributed by atoms with Gasteiger partial charge in [0.2, 0.25) is 0 Å². The van der Waals surface area contributed by atoms with E-state index < -0.39 is 16.4 Å². The van der Waals surface area contributed by atoms with Gasteiger partial charge in [-0.05, 0) is 0 Å². The molecule has 69 valence electrons. The van der Waals surface area contributed by atoms with Gasteiger partial charge in [-0.3, -0.25) is 13.9 Å². The van der Waals surface area contributed by atoms with Crippen molar-refractivity contribution in [2.24, 2.45) is 0 Å². The van der Waals surface area contributed by atoms with E-state index in [4.69, 9.17) is 27.4 Å². The first-order valence-corrected chi connectivity index (χ1v) is 3.02. The van der Waals surface area contributed by atoms with Crippen LogP contribution in [-0.2, 0) is 32.3 Å². The summed E-state index contributed by atoms with van der Waals surface area (Å²) in [4.78, 5) is 9.00. The van der Waals surface area contributed by atoms with E-state index in [0.717, 1.165) is 6.92 Å². The summed E-state index contributed by atoms with van der Waals surface area (Å²) in [5, 5.41) is 7.42. The van der Waals surface area contributed by atoms with E-state index >= 15 is 0 Å². The third-order valence-corrected chi connectivity index (χ3v) is 0. The normalized spacial score (nSPS) is 7.55. The van der Waals surface area contributed by atoms with Gasteiger partial charge in [-0.2, -0.15) is 8.42 Å². The molecule has 0 aliphatic rings. The van der Waals surface area contributed by atoms with Gasteiger partial charge in [-0.25, -0.2) is 0 Å². The van der Waals surface area contributed by atoms with Crippen molar-refractivity contribution in [2.45, 2.75) is 6.92 Å². The fraction of sp³-hybridized carbons (Fsp3) is 0.500. The molecule has 0 amide bonds. The zero-order valence-corrected chi connectivity index (χ0v) is 6.53. The molecule has 0 spiro atoms. The van der Waals surface area contributed by atoms with Crippen molar-refractivity contribution in [2.75, 3.05) is 0 Å². The number of rotatable bonds is 0. The molecule has 0 rings (SSSR count). The predicted molar refractivity (Wildman–Crippen MR) is 34.6 cm³/mol. The average Bonchev–Trinajstić information content (AvgIpc) is 1.19. The van der Waals surface area contributed by atoms with E-state index in [0.29, 0.717) is 0 Å². The number of hydrogen-bond acceptors (Lipinski definition) is 3. The topological polar surface area (TPSA) is 112 Å². The fourth-order valence-corrected chi connectivity index (χ4v) is 0. The van der Waals surface area contributed by atoms with Crippen LogP contribution in [0.5, 0.6) is 0 Å². The Kier molecular flexibility index (Phi) is 22.4. The summed E-state index contributed by atoms with van der Waals surface area (Å²) in [6.07, 6.45) is 0. The Labute approximate surface area is 96.7 Å². The minimum absolute atomic E-state index is 0. The van der Waals surface area contributed by atoms with E-state index in [1.807, 2.05) is 0 Å². The van der Waals surface area contributed by atoms with Crippen LogP contribution in [0.1, 0.15) is 6.92 Å². The first-order chi connectivity index (χ1) is 3.73. The molecule has 0 aliphatic heterocycles. The second kappa shape index (κ2) is 10.9. The molecule has 0 fully saturated rings. The molecule has 11 heavy (non-hydrogen) atoms. The molecule has 0 saturated heterocycles. The Bertz CT molecular complexity index is 163. The summed E-state index contributed by atoms with van der Waals surface area (Å²) in [5.74, 6) is -0.833. The van der Waals surface area contributed by atoms with Gasteiger partial charge in [-0.1, -0.05) is 0 Å². The summed E-state index contributed by atoms with van der Waals surface area (Å²) in [5.41, 5.74) is 0. The molecular weight excluding hydrogens is 239 g/mol. The number of aliphatic carboxylic acids is 1. The van der Waals surface area contributed by atoms with Gasteiger partial charge in [-0.15, -0.1) is 0 Å². The molecule has 0 aromatic heterocycles. The van der Waals surface area contributed by atoms with Gasteiger partial charge >= 0.3 is 40.0 Å². The van der Waals surface area contributed by atoms with Gasteiger partial charge in [0.1, 0.15) is 0 Å². The Balaban J connectivity index is -0.0000000383. The Morgan fingerprint density at radius 3 is 1.27 bits per heavy atom. The first kappa shape index (κ1) is 22.6. The van der Waals surface area contributed by atoms with Crippen molar-refractivity contribution in [1.29, 1.82) is 0 Å². The van der Waals surface area contributed by atoms with Crippen molar-refractivity contribution in [1.82, 2.24) is 0 Å². The molecule has 0 aromatic rings. The van der Waals surface area contributed by atoms with E-state index in [1.54, 1.807) is 0 Å². The summed E-state index contributed by atoms with van der Waals surface area (Å²) in [7, 11) is -4.67. The fourth-order valence-electron chi connectivity index (χ4n) is 0. The number of carbonyl (C=O) groups is 1. The van der Waals surface area contributed by atoms with E-state index in [9.17, 15) is 0 Å². The second-order valence-corrected chi connectivity index (χ2v) is 1.86. The SMILES string of the molecule is CC(=O)O.O=S(=O)(O)O.[Cu].[NaH]. The quantitative estimate of drug-likeness (QED) is 0.365. The van der Waals surface area contributed by atoms with Crippen molar-refractivity contribution in [3.8, 4) is 0 Å². The minimum atomic E-state index is -4.67. The van der Waals surface area contributed by atoms with Crippen LogP contribution in [0.2, 0.25) is 0 Å². The van der Waals surface area contributed by atoms with Gasteiger partial charge in [0.15, 0.2) is 0 Å². The summed E-state index contributed by atoms with van der Waals surface area (Å²) in [6, 6.07) is 0. The molecule has 0 atom stereocenters. The maximum atomic E-state index is 9.00. The van der Waals surface area contributed by atoms with Gasteiger partial charge in [0, 0.05) is 24.0 Å². The zero-order chi connectivity index (χ0) is 8.08.